The number of para-hydroxylation sites is 1. The Morgan fingerprint density at radius 1 is 1.17 bits per heavy atom. The fraction of sp³-hybridized carbons (Fsp3) is 0.562. The summed E-state index contributed by atoms with van der Waals surface area (Å²) < 4.78 is 23.7. The number of imide groups is 1. The van der Waals surface area contributed by atoms with E-state index in [9.17, 15) is 19.5 Å². The van der Waals surface area contributed by atoms with E-state index in [1.807, 2.05) is 31.2 Å². The number of benzene rings is 1. The van der Waals surface area contributed by atoms with Crippen LogP contribution in [0.4, 0.5) is 9.59 Å². The van der Waals surface area contributed by atoms with Crippen LogP contribution in [0.15, 0.2) is 46.7 Å². The first-order chi connectivity index (χ1) is 22.1. The van der Waals surface area contributed by atoms with Gasteiger partial charge in [0.25, 0.3) is 0 Å². The Balaban J connectivity index is 1.19. The van der Waals surface area contributed by atoms with Crippen LogP contribution in [0, 0.1) is 5.92 Å². The number of methoxy groups -OCH3 is 1. The number of rotatable bonds is 8. The summed E-state index contributed by atoms with van der Waals surface area (Å²) >= 11 is 1.41. The molecular weight excluding hydrogens is 614 g/mol. The minimum absolute atomic E-state index is 0.0652. The van der Waals surface area contributed by atoms with Crippen molar-refractivity contribution in [2.45, 2.75) is 55.9 Å². The number of aromatic nitrogens is 1. The van der Waals surface area contributed by atoms with E-state index in [4.69, 9.17) is 18.6 Å². The lowest BCUT2D eigenvalue weighted by Gasteiger charge is -2.53. The molecule has 0 bridgehead atoms. The first-order valence-electron chi connectivity index (χ1n) is 15.7. The van der Waals surface area contributed by atoms with Gasteiger partial charge in [-0.1, -0.05) is 30.0 Å². The maximum Gasteiger partial charge on any atom is 0.328 e. The zero-order chi connectivity index (χ0) is 32.2. The molecule has 0 spiro atoms. The molecule has 3 unspecified atom stereocenters. The molecular formula is C32H39N5O8S. The molecule has 4 fully saturated rings. The zero-order valence-electron chi connectivity index (χ0n) is 26.2. The predicted octanol–water partition coefficient (Wildman–Crippen LogP) is 3.18. The Bertz CT molecular complexity index is 1510. The Morgan fingerprint density at radius 3 is 2.59 bits per heavy atom. The Kier molecular flexibility index (Phi) is 8.24. The quantitative estimate of drug-likeness (QED) is 0.452. The topological polar surface area (TPSA) is 138 Å². The molecule has 5 amide bonds. The van der Waals surface area contributed by atoms with Crippen molar-refractivity contribution in [3.8, 4) is 5.75 Å². The lowest BCUT2D eigenvalue weighted by molar-refractivity contribution is -0.141. The lowest BCUT2D eigenvalue weighted by atomic mass is 9.92. The fourth-order valence-corrected chi connectivity index (χ4v) is 8.52. The number of ether oxygens (including phenoxy) is 3. The second-order valence-corrected chi connectivity index (χ2v) is 14.0. The first-order valence-corrected chi connectivity index (χ1v) is 16.6. The number of hydrogen-bond acceptors (Lipinski definition) is 10. The molecule has 1 aromatic heterocycles. The second-order valence-electron chi connectivity index (χ2n) is 12.9. The molecule has 1 N–H and O–H groups in total. The minimum atomic E-state index is -0.885. The Labute approximate surface area is 271 Å². The highest BCUT2D eigenvalue weighted by Gasteiger charge is 2.56. The van der Waals surface area contributed by atoms with Gasteiger partial charge in [-0.05, 0) is 38.3 Å². The summed E-state index contributed by atoms with van der Waals surface area (Å²) in [5.74, 6) is 0.150. The summed E-state index contributed by atoms with van der Waals surface area (Å²) in [6, 6.07) is 6.55. The molecule has 4 saturated heterocycles. The molecule has 0 radical (unpaired) electrons. The fourth-order valence-electron chi connectivity index (χ4n) is 7.01. The summed E-state index contributed by atoms with van der Waals surface area (Å²) in [5.41, 5.74) is 0.721. The van der Waals surface area contributed by atoms with Crippen molar-refractivity contribution in [3.63, 3.8) is 0 Å². The van der Waals surface area contributed by atoms with Crippen molar-refractivity contribution in [2.24, 2.45) is 5.92 Å². The summed E-state index contributed by atoms with van der Waals surface area (Å²) in [7, 11) is 1.61. The number of oxazole rings is 1. The first kappa shape index (κ1) is 31.0. The SMILES string of the molecule is COc1ccccc1C(CN1C(=O)N(C2CN(C(=O)N3CC(C)(O)C3)C2)C(=O)C2C(C)=C(c3ncco3)SC21)OC1CCOCC1. The molecule has 6 heterocycles. The lowest BCUT2D eigenvalue weighted by Crippen LogP contribution is -2.73. The number of β-amino-alcohol motifs (C(OH)–C–C–N with tert-alkyl or cyclic N) is 1. The average Bonchev–Trinajstić information content (AvgIpc) is 3.67. The maximum absolute atomic E-state index is 14.5. The van der Waals surface area contributed by atoms with E-state index in [0.717, 1.165) is 28.9 Å². The van der Waals surface area contributed by atoms with E-state index < -0.39 is 35.1 Å². The second kappa shape index (κ2) is 12.2. The van der Waals surface area contributed by atoms with Crippen LogP contribution in [0.5, 0.6) is 5.75 Å². The van der Waals surface area contributed by atoms with Gasteiger partial charge in [0.1, 0.15) is 18.1 Å². The third kappa shape index (κ3) is 5.54. The van der Waals surface area contributed by atoms with Crippen molar-refractivity contribution in [1.29, 1.82) is 0 Å². The van der Waals surface area contributed by atoms with E-state index in [0.29, 0.717) is 24.9 Å². The third-order valence-electron chi connectivity index (χ3n) is 9.44. The van der Waals surface area contributed by atoms with Crippen molar-refractivity contribution in [1.82, 2.24) is 24.6 Å². The minimum Gasteiger partial charge on any atom is -0.496 e. The van der Waals surface area contributed by atoms with Crippen LogP contribution in [0.3, 0.4) is 0 Å². The van der Waals surface area contributed by atoms with E-state index >= 15 is 0 Å². The normalized spacial score (nSPS) is 25.8. The number of hydrogen-bond donors (Lipinski definition) is 1. The van der Waals surface area contributed by atoms with Gasteiger partial charge in [-0.25, -0.2) is 14.6 Å². The summed E-state index contributed by atoms with van der Waals surface area (Å²) in [4.78, 5) is 53.1. The molecule has 2 aromatic rings. The predicted molar refractivity (Wildman–Crippen MR) is 167 cm³/mol. The van der Waals surface area contributed by atoms with Gasteiger partial charge in [0.2, 0.25) is 11.8 Å². The molecule has 13 nitrogen and oxygen atoms in total. The highest BCUT2D eigenvalue weighted by Crippen LogP contribution is 2.52. The van der Waals surface area contributed by atoms with Gasteiger partial charge < -0.3 is 38.4 Å². The molecule has 0 saturated carbocycles. The molecule has 7 rings (SSSR count). The van der Waals surface area contributed by atoms with Crippen molar-refractivity contribution >= 4 is 34.6 Å². The third-order valence-corrected chi connectivity index (χ3v) is 10.9. The molecule has 3 atom stereocenters. The van der Waals surface area contributed by atoms with Crippen LogP contribution in [0.1, 0.15) is 44.2 Å². The number of nitrogens with zero attached hydrogens (tertiary/aromatic N) is 5. The number of carbonyl (C=O) groups excluding carboxylic acids is 3. The monoisotopic (exact) mass is 653 g/mol. The largest absolute Gasteiger partial charge is 0.496 e. The van der Waals surface area contributed by atoms with Gasteiger partial charge in [-0.3, -0.25) is 9.69 Å². The molecule has 1 aromatic carbocycles. The Morgan fingerprint density at radius 2 is 1.91 bits per heavy atom. The van der Waals surface area contributed by atoms with Crippen LogP contribution < -0.4 is 4.74 Å². The van der Waals surface area contributed by atoms with Gasteiger partial charge in [0.05, 0.1) is 66.9 Å². The summed E-state index contributed by atoms with van der Waals surface area (Å²) in [6.45, 7) is 5.95. The number of likely N-dealkylation sites (tertiary alicyclic amines) is 2. The number of fused-ring (bicyclic) bond motifs is 1. The molecule has 0 aliphatic carbocycles. The summed E-state index contributed by atoms with van der Waals surface area (Å²) in [5, 5.41) is 9.56. The average molecular weight is 654 g/mol. The number of aliphatic hydroxyl groups is 1. The van der Waals surface area contributed by atoms with E-state index in [-0.39, 0.29) is 50.8 Å². The van der Waals surface area contributed by atoms with Crippen LogP contribution in [0.25, 0.3) is 4.91 Å². The van der Waals surface area contributed by atoms with Crippen LogP contribution in [-0.2, 0) is 14.3 Å². The molecule has 5 aliphatic heterocycles. The van der Waals surface area contributed by atoms with Crippen LogP contribution in [-0.4, -0.2) is 124 Å². The standard InChI is InChI=1S/C32H39N5O8S/c1-19-25-28(38)37(20-14-34(15-20)30(39)35-17-32(2,41)18-35)31(40)36(29(25)46-26(19)27-33-10-13-44-27)16-24(45-21-8-11-43-12-9-21)22-6-4-5-7-23(22)42-3/h4-7,10,13,20-21,24-25,29,41H,8-9,11-12,14-18H2,1-3H3. The summed E-state index contributed by atoms with van der Waals surface area (Å²) in [6.07, 6.45) is 3.92. The Hall–Kier alpha value is -3.59. The molecule has 5 aliphatic rings. The van der Waals surface area contributed by atoms with Gasteiger partial charge in [-0.15, -0.1) is 0 Å². The van der Waals surface area contributed by atoms with Crippen LogP contribution in [0.2, 0.25) is 0 Å². The van der Waals surface area contributed by atoms with Gasteiger partial charge in [-0.2, -0.15) is 0 Å². The number of amides is 5. The van der Waals surface area contributed by atoms with Crippen molar-refractivity contribution in [2.75, 3.05) is 53.0 Å². The molecule has 46 heavy (non-hydrogen) atoms. The van der Waals surface area contributed by atoms with Gasteiger partial charge in [0.15, 0.2) is 0 Å². The van der Waals surface area contributed by atoms with E-state index in [2.05, 4.69) is 4.98 Å². The number of thioether (sulfide) groups is 1. The highest BCUT2D eigenvalue weighted by atomic mass is 32.2. The van der Waals surface area contributed by atoms with Gasteiger partial charge >= 0.3 is 12.1 Å². The van der Waals surface area contributed by atoms with Gasteiger partial charge in [0, 0.05) is 31.9 Å². The maximum atomic E-state index is 14.5. The van der Waals surface area contributed by atoms with Crippen LogP contribution >= 0.6 is 11.8 Å². The number of urea groups is 2. The molecule has 14 heteroatoms. The van der Waals surface area contributed by atoms with E-state index in [1.54, 1.807) is 34.9 Å². The molecule has 246 valence electrons. The highest BCUT2D eigenvalue weighted by molar-refractivity contribution is 8.09. The van der Waals surface area contributed by atoms with E-state index in [1.165, 1.54) is 22.9 Å². The van der Waals surface area contributed by atoms with Crippen molar-refractivity contribution in [3.05, 3.63) is 53.8 Å². The number of carbonyl (C=O) groups is 3. The van der Waals surface area contributed by atoms with Crippen molar-refractivity contribution < 1.29 is 38.1 Å². The zero-order valence-corrected chi connectivity index (χ0v) is 27.0. The smallest absolute Gasteiger partial charge is 0.328 e.